The first-order chi connectivity index (χ1) is 13.3. The molecule has 8 heteroatoms. The summed E-state index contributed by atoms with van der Waals surface area (Å²) in [5.74, 6) is 0.570. The minimum atomic E-state index is -0.117. The smallest absolute Gasteiger partial charge is 0.246 e. The summed E-state index contributed by atoms with van der Waals surface area (Å²) in [6.45, 7) is 5.60. The largest absolute Gasteiger partial charge is 0.361 e. The van der Waals surface area contributed by atoms with Crippen LogP contribution in [0.15, 0.2) is 28.8 Å². The topological polar surface area (TPSA) is 66.7 Å². The highest BCUT2D eigenvalue weighted by atomic mass is 35.5. The molecule has 28 heavy (non-hydrogen) atoms. The van der Waals surface area contributed by atoms with Gasteiger partial charge in [0.2, 0.25) is 11.8 Å². The maximum Gasteiger partial charge on any atom is 0.246 e. The second-order valence-corrected chi connectivity index (χ2v) is 7.53. The average Bonchev–Trinajstić information content (AvgIpc) is 3.00. The van der Waals surface area contributed by atoms with Gasteiger partial charge in [-0.2, -0.15) is 0 Å². The van der Waals surface area contributed by atoms with Gasteiger partial charge < -0.3 is 14.3 Å². The molecule has 0 spiro atoms. The molecule has 1 aromatic carbocycles. The van der Waals surface area contributed by atoms with Gasteiger partial charge in [0, 0.05) is 47.9 Å². The number of carbonyl (C=O) groups excluding carboxylic acids is 2. The molecule has 3 rings (SSSR count). The van der Waals surface area contributed by atoms with Crippen LogP contribution in [0.2, 0.25) is 10.0 Å². The molecule has 0 bridgehead atoms. The molecule has 1 saturated heterocycles. The van der Waals surface area contributed by atoms with Crippen molar-refractivity contribution >= 4 is 41.1 Å². The van der Waals surface area contributed by atoms with Gasteiger partial charge in [0.15, 0.2) is 0 Å². The van der Waals surface area contributed by atoms with Gasteiger partial charge in [0.25, 0.3) is 0 Å². The van der Waals surface area contributed by atoms with Gasteiger partial charge in [-0.3, -0.25) is 9.59 Å². The molecular weight excluding hydrogens is 401 g/mol. The molecule has 148 valence electrons. The number of piperazine rings is 1. The zero-order valence-corrected chi connectivity index (χ0v) is 17.3. The number of hydrogen-bond donors (Lipinski definition) is 0. The van der Waals surface area contributed by atoms with Crippen LogP contribution in [0.5, 0.6) is 0 Å². The van der Waals surface area contributed by atoms with Crippen molar-refractivity contribution in [2.24, 2.45) is 0 Å². The Morgan fingerprint density at radius 2 is 1.82 bits per heavy atom. The van der Waals surface area contributed by atoms with Crippen LogP contribution >= 0.6 is 23.2 Å². The highest BCUT2D eigenvalue weighted by molar-refractivity contribution is 6.34. The lowest BCUT2D eigenvalue weighted by Gasteiger charge is -2.34. The molecular formula is C20H21Cl2N3O3. The van der Waals surface area contributed by atoms with Gasteiger partial charge in [0.1, 0.15) is 5.76 Å². The van der Waals surface area contributed by atoms with Gasteiger partial charge in [-0.25, -0.2) is 0 Å². The molecule has 1 aliphatic heterocycles. The summed E-state index contributed by atoms with van der Waals surface area (Å²) in [6.07, 6.45) is 3.41. The number of rotatable bonds is 4. The first kappa shape index (κ1) is 20.4. The number of halogens is 2. The van der Waals surface area contributed by atoms with E-state index in [-0.39, 0.29) is 18.2 Å². The van der Waals surface area contributed by atoms with E-state index in [0.717, 1.165) is 11.3 Å². The maximum atomic E-state index is 12.5. The lowest BCUT2D eigenvalue weighted by atomic mass is 10.1. The number of aryl methyl sites for hydroxylation is 2. The second kappa shape index (κ2) is 8.80. The third-order valence-electron chi connectivity index (χ3n) is 4.82. The van der Waals surface area contributed by atoms with Crippen molar-refractivity contribution in [1.82, 2.24) is 15.0 Å². The van der Waals surface area contributed by atoms with Crippen molar-refractivity contribution in [1.29, 1.82) is 0 Å². The summed E-state index contributed by atoms with van der Waals surface area (Å²) < 4.78 is 5.11. The fourth-order valence-electron chi connectivity index (χ4n) is 3.10. The zero-order chi connectivity index (χ0) is 20.3. The highest BCUT2D eigenvalue weighted by Crippen LogP contribution is 2.22. The number of benzene rings is 1. The van der Waals surface area contributed by atoms with Crippen molar-refractivity contribution in [3.05, 3.63) is 56.9 Å². The summed E-state index contributed by atoms with van der Waals surface area (Å²) in [5.41, 5.74) is 2.27. The molecule has 1 fully saturated rings. The van der Waals surface area contributed by atoms with E-state index in [9.17, 15) is 9.59 Å². The monoisotopic (exact) mass is 421 g/mol. The van der Waals surface area contributed by atoms with Crippen LogP contribution in [0.25, 0.3) is 6.08 Å². The van der Waals surface area contributed by atoms with E-state index >= 15 is 0 Å². The summed E-state index contributed by atoms with van der Waals surface area (Å²) in [7, 11) is 0. The molecule has 1 aromatic heterocycles. The SMILES string of the molecule is Cc1noc(C)c1CC(=O)N1CCN(C(=O)/C=C/c2cc(Cl)ccc2Cl)CC1. The van der Waals surface area contributed by atoms with Crippen molar-refractivity contribution in [2.75, 3.05) is 26.2 Å². The van der Waals surface area contributed by atoms with E-state index in [4.69, 9.17) is 27.7 Å². The number of nitrogens with zero attached hydrogens (tertiary/aromatic N) is 3. The summed E-state index contributed by atoms with van der Waals surface area (Å²) in [5, 5.41) is 4.97. The van der Waals surface area contributed by atoms with E-state index in [1.165, 1.54) is 6.08 Å². The number of amides is 2. The predicted octanol–water partition coefficient (Wildman–Crippen LogP) is 3.52. The molecule has 0 saturated carbocycles. The summed E-state index contributed by atoms with van der Waals surface area (Å²) >= 11 is 12.1. The second-order valence-electron chi connectivity index (χ2n) is 6.68. The number of aromatic nitrogens is 1. The lowest BCUT2D eigenvalue weighted by Crippen LogP contribution is -2.50. The van der Waals surface area contributed by atoms with Gasteiger partial charge in [-0.15, -0.1) is 0 Å². The van der Waals surface area contributed by atoms with Gasteiger partial charge in [-0.05, 0) is 43.7 Å². The molecule has 2 amide bonds. The molecule has 6 nitrogen and oxygen atoms in total. The van der Waals surface area contributed by atoms with E-state index in [1.807, 2.05) is 6.92 Å². The third kappa shape index (κ3) is 4.75. The van der Waals surface area contributed by atoms with Crippen LogP contribution in [-0.2, 0) is 16.0 Å². The van der Waals surface area contributed by atoms with E-state index in [0.29, 0.717) is 47.5 Å². The van der Waals surface area contributed by atoms with Crippen molar-refractivity contribution in [3.8, 4) is 0 Å². The molecule has 0 N–H and O–H groups in total. The Morgan fingerprint density at radius 1 is 1.14 bits per heavy atom. The quantitative estimate of drug-likeness (QED) is 0.708. The Labute approximate surface area is 173 Å². The van der Waals surface area contributed by atoms with Crippen LogP contribution < -0.4 is 0 Å². The number of carbonyl (C=O) groups is 2. The average molecular weight is 422 g/mol. The van der Waals surface area contributed by atoms with Crippen LogP contribution in [-0.4, -0.2) is 52.9 Å². The first-order valence-corrected chi connectivity index (χ1v) is 9.72. The minimum Gasteiger partial charge on any atom is -0.361 e. The Balaban J connectivity index is 1.54. The van der Waals surface area contributed by atoms with Crippen molar-refractivity contribution < 1.29 is 14.1 Å². The predicted molar refractivity (Wildman–Crippen MR) is 108 cm³/mol. The molecule has 0 radical (unpaired) electrons. The third-order valence-corrected chi connectivity index (χ3v) is 5.40. The Hall–Kier alpha value is -2.31. The molecule has 2 heterocycles. The maximum absolute atomic E-state index is 12.5. The van der Waals surface area contributed by atoms with Crippen LogP contribution in [0, 0.1) is 13.8 Å². The van der Waals surface area contributed by atoms with E-state index in [2.05, 4.69) is 5.16 Å². The van der Waals surface area contributed by atoms with Crippen molar-refractivity contribution in [2.45, 2.75) is 20.3 Å². The van der Waals surface area contributed by atoms with Crippen LogP contribution in [0.3, 0.4) is 0 Å². The molecule has 0 atom stereocenters. The normalized spacial score (nSPS) is 14.7. The Morgan fingerprint density at radius 3 is 2.46 bits per heavy atom. The molecule has 2 aromatic rings. The fraction of sp³-hybridized carbons (Fsp3) is 0.350. The Kier molecular flexibility index (Phi) is 6.42. The Bertz CT molecular complexity index is 896. The standard InChI is InChI=1S/C20H21Cl2N3O3/c1-13-17(14(2)28-23-13)12-20(27)25-9-7-24(8-10-25)19(26)6-3-15-11-16(21)4-5-18(15)22/h3-6,11H,7-10,12H2,1-2H3/b6-3+. The first-order valence-electron chi connectivity index (χ1n) is 8.96. The van der Waals surface area contributed by atoms with E-state index < -0.39 is 0 Å². The summed E-state index contributed by atoms with van der Waals surface area (Å²) in [6, 6.07) is 5.10. The van der Waals surface area contributed by atoms with E-state index in [1.54, 1.807) is 41.0 Å². The summed E-state index contributed by atoms with van der Waals surface area (Å²) in [4.78, 5) is 28.5. The molecule has 1 aliphatic rings. The lowest BCUT2D eigenvalue weighted by molar-refractivity contribution is -0.136. The molecule has 0 unspecified atom stereocenters. The van der Waals surface area contributed by atoms with Crippen LogP contribution in [0.4, 0.5) is 0 Å². The zero-order valence-electron chi connectivity index (χ0n) is 15.7. The van der Waals surface area contributed by atoms with Gasteiger partial charge in [-0.1, -0.05) is 28.4 Å². The molecule has 0 aliphatic carbocycles. The fourth-order valence-corrected chi connectivity index (χ4v) is 3.46. The number of hydrogen-bond acceptors (Lipinski definition) is 4. The van der Waals surface area contributed by atoms with Crippen LogP contribution in [0.1, 0.15) is 22.6 Å². The minimum absolute atomic E-state index is 0.0164. The van der Waals surface area contributed by atoms with Gasteiger partial charge in [0.05, 0.1) is 12.1 Å². The van der Waals surface area contributed by atoms with Gasteiger partial charge >= 0.3 is 0 Å². The van der Waals surface area contributed by atoms with Crippen molar-refractivity contribution in [3.63, 3.8) is 0 Å². The highest BCUT2D eigenvalue weighted by Gasteiger charge is 2.24.